The van der Waals surface area contributed by atoms with E-state index in [1.165, 1.54) is 27.5 Å². The minimum atomic E-state index is -0.294. The smallest absolute Gasteiger partial charge is 0.124 e. The van der Waals surface area contributed by atoms with Crippen LogP contribution in [0.3, 0.4) is 0 Å². The number of likely N-dealkylation sites (N-methyl/N-ethyl adjacent to an activating group) is 1. The third-order valence-electron chi connectivity index (χ3n) is 3.32. The first kappa shape index (κ1) is 14.5. The summed E-state index contributed by atoms with van der Waals surface area (Å²) in [6, 6.07) is 7.00. The summed E-state index contributed by atoms with van der Waals surface area (Å²) >= 11 is 7.89. The lowest BCUT2D eigenvalue weighted by molar-refractivity contribution is 0.598. The third-order valence-corrected chi connectivity index (χ3v) is 4.93. The Morgan fingerprint density at radius 1 is 1.32 bits per heavy atom. The lowest BCUT2D eigenvalue weighted by Crippen LogP contribution is -2.17. The molecule has 1 atom stereocenters. The Labute approximate surface area is 122 Å². The second-order valence-corrected chi connectivity index (χ2v) is 6.36. The van der Waals surface area contributed by atoms with Crippen molar-refractivity contribution in [1.82, 2.24) is 5.32 Å². The number of halogens is 2. The van der Waals surface area contributed by atoms with Gasteiger partial charge in [-0.3, -0.25) is 0 Å². The number of thiophene rings is 1. The van der Waals surface area contributed by atoms with E-state index in [9.17, 15) is 4.39 Å². The fourth-order valence-corrected chi connectivity index (χ4v) is 3.42. The molecular weight excluding hydrogens is 281 g/mol. The van der Waals surface area contributed by atoms with Gasteiger partial charge < -0.3 is 5.32 Å². The normalized spacial score (nSPS) is 12.7. The molecule has 0 aliphatic carbocycles. The van der Waals surface area contributed by atoms with Crippen molar-refractivity contribution in [2.24, 2.45) is 0 Å². The number of benzene rings is 1. The van der Waals surface area contributed by atoms with Gasteiger partial charge >= 0.3 is 0 Å². The number of nitrogens with one attached hydrogen (secondary N) is 1. The predicted octanol–water partition coefficient (Wildman–Crippen LogP) is 4.66. The molecule has 1 N–H and O–H groups in total. The molecule has 0 saturated heterocycles. The van der Waals surface area contributed by atoms with Gasteiger partial charge in [0.15, 0.2) is 0 Å². The van der Waals surface area contributed by atoms with Crippen LogP contribution in [-0.4, -0.2) is 7.05 Å². The highest BCUT2D eigenvalue weighted by molar-refractivity contribution is 7.12. The Hall–Kier alpha value is -0.900. The summed E-state index contributed by atoms with van der Waals surface area (Å²) < 4.78 is 13.0. The van der Waals surface area contributed by atoms with Crippen LogP contribution < -0.4 is 5.32 Å². The molecule has 0 aliphatic heterocycles. The zero-order valence-electron chi connectivity index (χ0n) is 11.3. The first-order valence-corrected chi connectivity index (χ1v) is 7.39. The molecule has 0 aliphatic rings. The summed E-state index contributed by atoms with van der Waals surface area (Å²) in [6.07, 6.45) is 0.759. The fourth-order valence-electron chi connectivity index (χ4n) is 2.03. The molecule has 2 rings (SSSR count). The molecule has 4 heteroatoms. The van der Waals surface area contributed by atoms with Crippen LogP contribution in [0.1, 0.15) is 26.9 Å². The molecule has 0 spiro atoms. The molecule has 0 fully saturated rings. The fraction of sp³-hybridized carbons (Fsp3) is 0.333. The molecule has 1 aromatic carbocycles. The van der Waals surface area contributed by atoms with Crippen LogP contribution in [0.25, 0.3) is 0 Å². The first-order chi connectivity index (χ1) is 9.01. The van der Waals surface area contributed by atoms with Crippen LogP contribution in [0.2, 0.25) is 5.02 Å². The highest BCUT2D eigenvalue weighted by Gasteiger charge is 2.15. The van der Waals surface area contributed by atoms with Gasteiger partial charge in [-0.15, -0.1) is 11.3 Å². The van der Waals surface area contributed by atoms with Gasteiger partial charge in [0.05, 0.1) is 0 Å². The summed E-state index contributed by atoms with van der Waals surface area (Å²) in [5, 5.41) is 3.80. The van der Waals surface area contributed by atoms with Crippen molar-refractivity contribution in [2.75, 3.05) is 7.05 Å². The second kappa shape index (κ2) is 6.04. The van der Waals surface area contributed by atoms with Gasteiger partial charge in [-0.2, -0.15) is 0 Å². The molecule has 19 heavy (non-hydrogen) atoms. The van der Waals surface area contributed by atoms with E-state index >= 15 is 0 Å². The Morgan fingerprint density at radius 3 is 2.58 bits per heavy atom. The van der Waals surface area contributed by atoms with Crippen molar-refractivity contribution >= 4 is 22.9 Å². The molecule has 1 heterocycles. The van der Waals surface area contributed by atoms with E-state index in [1.54, 1.807) is 17.4 Å². The van der Waals surface area contributed by atoms with E-state index in [0.717, 1.165) is 12.0 Å². The SMILES string of the molecule is CNC(Cc1ccc(F)cc1Cl)c1cc(C)c(C)s1. The molecule has 0 saturated carbocycles. The van der Waals surface area contributed by atoms with Gasteiger partial charge in [-0.1, -0.05) is 17.7 Å². The van der Waals surface area contributed by atoms with Crippen molar-refractivity contribution in [1.29, 1.82) is 0 Å². The second-order valence-electron chi connectivity index (χ2n) is 4.67. The van der Waals surface area contributed by atoms with Gasteiger partial charge in [0.25, 0.3) is 0 Å². The quantitative estimate of drug-likeness (QED) is 0.865. The van der Waals surface area contributed by atoms with Crippen molar-refractivity contribution < 1.29 is 4.39 Å². The molecule has 1 aromatic heterocycles. The topological polar surface area (TPSA) is 12.0 Å². The molecule has 2 aromatic rings. The maximum absolute atomic E-state index is 13.0. The van der Waals surface area contributed by atoms with E-state index in [0.29, 0.717) is 5.02 Å². The minimum absolute atomic E-state index is 0.209. The standard InChI is InChI=1S/C15H17ClFNS/c1-9-6-15(19-10(9)2)14(18-3)7-11-4-5-12(17)8-13(11)16/h4-6,8,14,18H,7H2,1-3H3. The number of rotatable bonds is 4. The van der Waals surface area contributed by atoms with Crippen LogP contribution in [0.5, 0.6) is 0 Å². The van der Waals surface area contributed by atoms with Crippen molar-refractivity contribution in [3.63, 3.8) is 0 Å². The number of hydrogen-bond acceptors (Lipinski definition) is 2. The monoisotopic (exact) mass is 297 g/mol. The molecule has 1 unspecified atom stereocenters. The van der Waals surface area contributed by atoms with Crippen LogP contribution in [-0.2, 0) is 6.42 Å². The van der Waals surface area contributed by atoms with E-state index in [2.05, 4.69) is 25.2 Å². The molecule has 102 valence electrons. The Bertz CT molecular complexity index is 560. The molecule has 0 amide bonds. The Kier molecular flexibility index (Phi) is 4.61. The first-order valence-electron chi connectivity index (χ1n) is 6.19. The van der Waals surface area contributed by atoms with Crippen LogP contribution in [0, 0.1) is 19.7 Å². The lowest BCUT2D eigenvalue weighted by atomic mass is 10.0. The summed E-state index contributed by atoms with van der Waals surface area (Å²) in [5.41, 5.74) is 2.27. The summed E-state index contributed by atoms with van der Waals surface area (Å²) in [4.78, 5) is 2.62. The molecule has 1 nitrogen and oxygen atoms in total. The maximum atomic E-state index is 13.0. The molecule has 0 radical (unpaired) electrons. The summed E-state index contributed by atoms with van der Waals surface area (Å²) in [5.74, 6) is -0.294. The van der Waals surface area contributed by atoms with E-state index in [4.69, 9.17) is 11.6 Å². The van der Waals surface area contributed by atoms with Gasteiger partial charge in [0, 0.05) is 20.8 Å². The largest absolute Gasteiger partial charge is 0.312 e. The Balaban J connectivity index is 2.23. The van der Waals surface area contributed by atoms with E-state index in [-0.39, 0.29) is 11.9 Å². The average Bonchev–Trinajstić information content (AvgIpc) is 2.68. The summed E-state index contributed by atoms with van der Waals surface area (Å²) in [6.45, 7) is 4.24. The van der Waals surface area contributed by atoms with Crippen LogP contribution in [0.4, 0.5) is 4.39 Å². The molecule has 0 bridgehead atoms. The highest BCUT2D eigenvalue weighted by atomic mass is 35.5. The van der Waals surface area contributed by atoms with Gasteiger partial charge in [0.2, 0.25) is 0 Å². The highest BCUT2D eigenvalue weighted by Crippen LogP contribution is 2.30. The maximum Gasteiger partial charge on any atom is 0.124 e. The average molecular weight is 298 g/mol. The number of hydrogen-bond donors (Lipinski definition) is 1. The third kappa shape index (κ3) is 3.35. The van der Waals surface area contributed by atoms with Crippen molar-refractivity contribution in [3.8, 4) is 0 Å². The summed E-state index contributed by atoms with van der Waals surface area (Å²) in [7, 11) is 1.94. The van der Waals surface area contributed by atoms with Gasteiger partial charge in [-0.25, -0.2) is 4.39 Å². The van der Waals surface area contributed by atoms with Gasteiger partial charge in [0.1, 0.15) is 5.82 Å². The van der Waals surface area contributed by atoms with Crippen molar-refractivity contribution in [3.05, 3.63) is 56.0 Å². The van der Waals surface area contributed by atoms with Crippen LogP contribution >= 0.6 is 22.9 Å². The van der Waals surface area contributed by atoms with E-state index < -0.39 is 0 Å². The van der Waals surface area contributed by atoms with E-state index in [1.807, 2.05) is 7.05 Å². The zero-order chi connectivity index (χ0) is 14.0. The van der Waals surface area contributed by atoms with Crippen molar-refractivity contribution in [2.45, 2.75) is 26.3 Å². The lowest BCUT2D eigenvalue weighted by Gasteiger charge is -2.15. The predicted molar refractivity (Wildman–Crippen MR) is 80.7 cm³/mol. The minimum Gasteiger partial charge on any atom is -0.312 e. The number of aryl methyl sites for hydroxylation is 2. The molecular formula is C15H17ClFNS. The van der Waals surface area contributed by atoms with Gasteiger partial charge in [-0.05, 0) is 56.6 Å². The van der Waals surface area contributed by atoms with Crippen LogP contribution in [0.15, 0.2) is 24.3 Å². The zero-order valence-corrected chi connectivity index (χ0v) is 12.8. The Morgan fingerprint density at radius 2 is 2.05 bits per heavy atom.